The first kappa shape index (κ1) is 13.7. The molecule has 0 amide bonds. The van der Waals surface area contributed by atoms with Crippen LogP contribution >= 0.6 is 11.6 Å². The van der Waals surface area contributed by atoms with Crippen molar-refractivity contribution in [2.45, 2.75) is 44.4 Å². The molecule has 0 bridgehead atoms. The average molecular weight is 273 g/mol. The Balaban J connectivity index is 2.03. The molecule has 0 aromatic heterocycles. The smallest absolute Gasteiger partial charge is 0.142 e. The molecule has 1 heterocycles. The first-order valence-corrected chi connectivity index (χ1v) is 6.53. The van der Waals surface area contributed by atoms with Crippen LogP contribution in [0.25, 0.3) is 0 Å². The summed E-state index contributed by atoms with van der Waals surface area (Å²) in [6, 6.07) is 4.83. The van der Waals surface area contributed by atoms with E-state index in [9.17, 15) is 4.39 Å². The minimum Gasteiger partial charge on any atom is -0.374 e. The van der Waals surface area contributed by atoms with Gasteiger partial charge in [-0.25, -0.2) is 4.39 Å². The first-order chi connectivity index (χ1) is 8.60. The fourth-order valence-electron chi connectivity index (χ4n) is 2.35. The molecule has 3 unspecified atom stereocenters. The number of nitrogens with two attached hydrogens (primary N) is 1. The van der Waals surface area contributed by atoms with Crippen LogP contribution in [0.1, 0.15) is 25.3 Å². The van der Waals surface area contributed by atoms with Crippen LogP contribution in [0, 0.1) is 5.82 Å². The van der Waals surface area contributed by atoms with Gasteiger partial charge in [-0.3, -0.25) is 11.3 Å². The standard InChI is InChI=1S/C13H18ClFN2O/c1-8-2-5-13(18-8)12(17-16)7-9-3-4-10(14)11(15)6-9/h3-4,6,8,12-13,17H,2,5,7,16H2,1H3. The zero-order valence-electron chi connectivity index (χ0n) is 10.3. The molecule has 1 aliphatic rings. The second-order valence-electron chi connectivity index (χ2n) is 4.79. The summed E-state index contributed by atoms with van der Waals surface area (Å²) in [5.74, 6) is 5.17. The van der Waals surface area contributed by atoms with Gasteiger partial charge in [0.15, 0.2) is 0 Å². The van der Waals surface area contributed by atoms with Crippen LogP contribution in [0.3, 0.4) is 0 Å². The first-order valence-electron chi connectivity index (χ1n) is 6.15. The Labute approximate surface area is 111 Å². The quantitative estimate of drug-likeness (QED) is 0.654. The van der Waals surface area contributed by atoms with Gasteiger partial charge in [-0.2, -0.15) is 0 Å². The molecule has 5 heteroatoms. The number of rotatable bonds is 4. The van der Waals surface area contributed by atoms with Gasteiger partial charge in [-0.15, -0.1) is 0 Å². The summed E-state index contributed by atoms with van der Waals surface area (Å²) >= 11 is 5.66. The Hall–Kier alpha value is -0.680. The summed E-state index contributed by atoms with van der Waals surface area (Å²) in [4.78, 5) is 0. The van der Waals surface area contributed by atoms with Crippen molar-refractivity contribution in [2.75, 3.05) is 0 Å². The summed E-state index contributed by atoms with van der Waals surface area (Å²) < 4.78 is 19.1. The van der Waals surface area contributed by atoms with Crippen molar-refractivity contribution in [1.82, 2.24) is 5.43 Å². The molecule has 3 nitrogen and oxygen atoms in total. The second-order valence-corrected chi connectivity index (χ2v) is 5.20. The SMILES string of the molecule is CC1CCC(C(Cc2ccc(Cl)c(F)c2)NN)O1. The average Bonchev–Trinajstić information content (AvgIpc) is 2.77. The van der Waals surface area contributed by atoms with Gasteiger partial charge in [-0.1, -0.05) is 17.7 Å². The van der Waals surface area contributed by atoms with Gasteiger partial charge in [0.2, 0.25) is 0 Å². The summed E-state index contributed by atoms with van der Waals surface area (Å²) in [5.41, 5.74) is 3.63. The van der Waals surface area contributed by atoms with E-state index in [0.717, 1.165) is 18.4 Å². The van der Waals surface area contributed by atoms with E-state index in [4.69, 9.17) is 22.2 Å². The van der Waals surface area contributed by atoms with Gasteiger partial charge >= 0.3 is 0 Å². The van der Waals surface area contributed by atoms with Crippen molar-refractivity contribution in [3.63, 3.8) is 0 Å². The molecule has 1 fully saturated rings. The lowest BCUT2D eigenvalue weighted by Crippen LogP contribution is -2.45. The van der Waals surface area contributed by atoms with E-state index in [1.807, 2.05) is 6.07 Å². The monoisotopic (exact) mass is 272 g/mol. The lowest BCUT2D eigenvalue weighted by atomic mass is 10.00. The van der Waals surface area contributed by atoms with Gasteiger partial charge in [0.1, 0.15) is 5.82 Å². The number of hydrogen-bond donors (Lipinski definition) is 2. The highest BCUT2D eigenvalue weighted by Crippen LogP contribution is 2.24. The molecule has 1 aromatic carbocycles. The lowest BCUT2D eigenvalue weighted by Gasteiger charge is -2.23. The molecule has 3 N–H and O–H groups in total. The van der Waals surface area contributed by atoms with Crippen molar-refractivity contribution in [3.8, 4) is 0 Å². The molecule has 3 atom stereocenters. The number of ether oxygens (including phenoxy) is 1. The topological polar surface area (TPSA) is 47.3 Å². The molecular weight excluding hydrogens is 255 g/mol. The normalized spacial score (nSPS) is 25.3. The summed E-state index contributed by atoms with van der Waals surface area (Å²) in [5, 5.41) is 0.141. The Bertz CT molecular complexity index is 416. The molecule has 0 radical (unpaired) electrons. The summed E-state index contributed by atoms with van der Waals surface area (Å²) in [6.07, 6.45) is 3.00. The number of nitrogens with one attached hydrogen (secondary N) is 1. The molecule has 1 aromatic rings. The molecule has 2 rings (SSSR count). The van der Waals surface area contributed by atoms with Crippen molar-refractivity contribution in [1.29, 1.82) is 0 Å². The van der Waals surface area contributed by atoms with Crippen LogP contribution in [0.5, 0.6) is 0 Å². The van der Waals surface area contributed by atoms with Gasteiger partial charge < -0.3 is 4.74 Å². The zero-order chi connectivity index (χ0) is 13.1. The van der Waals surface area contributed by atoms with Gasteiger partial charge in [-0.05, 0) is 43.9 Å². The van der Waals surface area contributed by atoms with Crippen molar-refractivity contribution in [2.24, 2.45) is 5.84 Å². The number of hydrazine groups is 1. The maximum atomic E-state index is 13.4. The van der Waals surface area contributed by atoms with E-state index in [0.29, 0.717) is 6.42 Å². The second kappa shape index (κ2) is 5.97. The van der Waals surface area contributed by atoms with Gasteiger partial charge in [0, 0.05) is 0 Å². The zero-order valence-corrected chi connectivity index (χ0v) is 11.1. The number of hydrogen-bond acceptors (Lipinski definition) is 3. The van der Waals surface area contributed by atoms with Crippen LogP contribution in [-0.4, -0.2) is 18.2 Å². The number of benzene rings is 1. The number of halogens is 2. The van der Waals surface area contributed by atoms with E-state index in [-0.39, 0.29) is 23.3 Å². The third-order valence-electron chi connectivity index (χ3n) is 3.37. The van der Waals surface area contributed by atoms with E-state index in [1.165, 1.54) is 6.07 Å². The molecule has 0 aliphatic carbocycles. The van der Waals surface area contributed by atoms with Gasteiger partial charge in [0.05, 0.1) is 23.3 Å². The predicted octanol–water partition coefficient (Wildman–Crippen LogP) is 2.42. The Kier molecular flexibility index (Phi) is 4.56. The summed E-state index contributed by atoms with van der Waals surface area (Å²) in [7, 11) is 0. The highest BCUT2D eigenvalue weighted by molar-refractivity contribution is 6.30. The van der Waals surface area contributed by atoms with Gasteiger partial charge in [0.25, 0.3) is 0 Å². The summed E-state index contributed by atoms with van der Waals surface area (Å²) in [6.45, 7) is 2.05. The van der Waals surface area contributed by atoms with E-state index in [1.54, 1.807) is 6.07 Å². The fourth-order valence-corrected chi connectivity index (χ4v) is 2.47. The van der Waals surface area contributed by atoms with E-state index < -0.39 is 5.82 Å². The molecule has 18 heavy (non-hydrogen) atoms. The fraction of sp³-hybridized carbons (Fsp3) is 0.538. The highest BCUT2D eigenvalue weighted by Gasteiger charge is 2.29. The van der Waals surface area contributed by atoms with E-state index >= 15 is 0 Å². The van der Waals surface area contributed by atoms with Crippen molar-refractivity contribution < 1.29 is 9.13 Å². The maximum Gasteiger partial charge on any atom is 0.142 e. The molecule has 0 saturated carbocycles. The van der Waals surface area contributed by atoms with Crippen LogP contribution in [0.4, 0.5) is 4.39 Å². The third-order valence-corrected chi connectivity index (χ3v) is 3.67. The minimum atomic E-state index is -0.398. The Morgan fingerprint density at radius 1 is 1.56 bits per heavy atom. The molecule has 1 saturated heterocycles. The third kappa shape index (κ3) is 3.20. The van der Waals surface area contributed by atoms with Crippen LogP contribution in [-0.2, 0) is 11.2 Å². The molecule has 100 valence electrons. The van der Waals surface area contributed by atoms with Crippen molar-refractivity contribution >= 4 is 11.6 Å². The van der Waals surface area contributed by atoms with E-state index in [2.05, 4.69) is 12.3 Å². The molecule has 1 aliphatic heterocycles. The van der Waals surface area contributed by atoms with Crippen LogP contribution in [0.2, 0.25) is 5.02 Å². The molecule has 0 spiro atoms. The maximum absolute atomic E-state index is 13.4. The molecular formula is C13H18ClFN2O. The Morgan fingerprint density at radius 2 is 2.33 bits per heavy atom. The predicted molar refractivity (Wildman–Crippen MR) is 69.8 cm³/mol. The van der Waals surface area contributed by atoms with Crippen LogP contribution in [0.15, 0.2) is 18.2 Å². The Morgan fingerprint density at radius 3 is 2.89 bits per heavy atom. The van der Waals surface area contributed by atoms with Crippen LogP contribution < -0.4 is 11.3 Å². The minimum absolute atomic E-state index is 0.00414. The largest absolute Gasteiger partial charge is 0.374 e. The highest BCUT2D eigenvalue weighted by atomic mass is 35.5. The lowest BCUT2D eigenvalue weighted by molar-refractivity contribution is 0.0320. The van der Waals surface area contributed by atoms with Crippen molar-refractivity contribution in [3.05, 3.63) is 34.6 Å².